The van der Waals surface area contributed by atoms with Gasteiger partial charge in [0.25, 0.3) is 0 Å². The van der Waals surface area contributed by atoms with Crippen LogP contribution >= 0.6 is 0 Å². The van der Waals surface area contributed by atoms with Gasteiger partial charge in [-0.15, -0.1) is 0 Å². The fraction of sp³-hybridized carbons (Fsp3) is 0.941. The summed E-state index contributed by atoms with van der Waals surface area (Å²) < 4.78 is 5.23. The van der Waals surface area contributed by atoms with E-state index in [1.807, 2.05) is 6.92 Å². The zero-order valence-electron chi connectivity index (χ0n) is 13.5. The summed E-state index contributed by atoms with van der Waals surface area (Å²) >= 11 is 0. The van der Waals surface area contributed by atoms with Crippen molar-refractivity contribution < 1.29 is 9.53 Å². The van der Waals surface area contributed by atoms with Gasteiger partial charge in [0.2, 0.25) is 0 Å². The van der Waals surface area contributed by atoms with Crippen LogP contribution in [0.25, 0.3) is 0 Å². The van der Waals surface area contributed by atoms with Gasteiger partial charge >= 0.3 is 5.97 Å². The van der Waals surface area contributed by atoms with E-state index in [1.165, 1.54) is 57.8 Å². The molecular formula is C17H33NO2. The lowest BCUT2D eigenvalue weighted by Crippen LogP contribution is -2.44. The minimum absolute atomic E-state index is 0.0479. The minimum Gasteiger partial charge on any atom is -0.465 e. The van der Waals surface area contributed by atoms with Gasteiger partial charge in [-0.2, -0.15) is 0 Å². The average Bonchev–Trinajstić information content (AvgIpc) is 2.71. The molecule has 1 aliphatic rings. The predicted molar refractivity (Wildman–Crippen MR) is 83.8 cm³/mol. The van der Waals surface area contributed by atoms with Crippen molar-refractivity contribution in [3.05, 3.63) is 0 Å². The van der Waals surface area contributed by atoms with E-state index >= 15 is 0 Å². The minimum atomic E-state index is -0.0880. The van der Waals surface area contributed by atoms with Crippen molar-refractivity contribution in [3.63, 3.8) is 0 Å². The second-order valence-corrected chi connectivity index (χ2v) is 6.01. The summed E-state index contributed by atoms with van der Waals surface area (Å²) in [5, 5.41) is 3.58. The maximum absolute atomic E-state index is 12.1. The molecule has 0 spiro atoms. The normalized spacial score (nSPS) is 18.5. The summed E-state index contributed by atoms with van der Waals surface area (Å²) in [6, 6.07) is 0.424. The Morgan fingerprint density at radius 2 is 1.80 bits per heavy atom. The zero-order chi connectivity index (χ0) is 14.6. The topological polar surface area (TPSA) is 38.3 Å². The highest BCUT2D eigenvalue weighted by atomic mass is 16.5. The molecule has 0 aromatic heterocycles. The first-order valence-electron chi connectivity index (χ1n) is 8.70. The molecule has 0 amide bonds. The molecule has 0 aromatic rings. The maximum atomic E-state index is 12.1. The Morgan fingerprint density at radius 3 is 2.40 bits per heavy atom. The Bertz CT molecular complexity index is 247. The number of nitrogens with one attached hydrogen (secondary N) is 1. The van der Waals surface area contributed by atoms with E-state index in [0.29, 0.717) is 12.6 Å². The van der Waals surface area contributed by atoms with Crippen LogP contribution in [0.15, 0.2) is 0 Å². The highest BCUT2D eigenvalue weighted by molar-refractivity contribution is 5.75. The van der Waals surface area contributed by atoms with Crippen molar-refractivity contribution >= 4 is 5.97 Å². The molecule has 1 rings (SSSR count). The van der Waals surface area contributed by atoms with Gasteiger partial charge in [-0.3, -0.25) is 4.79 Å². The van der Waals surface area contributed by atoms with Crippen LogP contribution in [0.2, 0.25) is 0 Å². The van der Waals surface area contributed by atoms with Crippen LogP contribution in [0.5, 0.6) is 0 Å². The van der Waals surface area contributed by atoms with Gasteiger partial charge < -0.3 is 10.1 Å². The van der Waals surface area contributed by atoms with Crippen molar-refractivity contribution in [1.82, 2.24) is 5.32 Å². The first-order valence-corrected chi connectivity index (χ1v) is 8.70. The first kappa shape index (κ1) is 17.5. The molecule has 0 aromatic carbocycles. The van der Waals surface area contributed by atoms with Crippen molar-refractivity contribution in [2.75, 3.05) is 6.61 Å². The fourth-order valence-corrected chi connectivity index (χ4v) is 3.02. The van der Waals surface area contributed by atoms with Gasteiger partial charge in [0, 0.05) is 6.04 Å². The lowest BCUT2D eigenvalue weighted by molar-refractivity contribution is -0.146. The maximum Gasteiger partial charge on any atom is 0.323 e. The highest BCUT2D eigenvalue weighted by Crippen LogP contribution is 2.19. The average molecular weight is 283 g/mol. The summed E-state index contributed by atoms with van der Waals surface area (Å²) in [6.45, 7) is 4.58. The SMILES string of the molecule is CCCCCCC(NC1CCCCCC1)C(=O)OCC. The number of rotatable bonds is 9. The Balaban J connectivity index is 2.40. The number of carbonyl (C=O) groups is 1. The first-order chi connectivity index (χ1) is 9.77. The largest absolute Gasteiger partial charge is 0.465 e. The van der Waals surface area contributed by atoms with Crippen LogP contribution in [-0.2, 0) is 9.53 Å². The Labute approximate surface area is 124 Å². The molecule has 0 bridgehead atoms. The second kappa shape index (κ2) is 11.1. The molecule has 1 N–H and O–H groups in total. The predicted octanol–water partition coefficient (Wildman–Crippen LogP) is 4.20. The molecule has 1 atom stereocenters. The second-order valence-electron chi connectivity index (χ2n) is 6.01. The van der Waals surface area contributed by atoms with Crippen molar-refractivity contribution in [3.8, 4) is 0 Å². The van der Waals surface area contributed by atoms with Crippen molar-refractivity contribution in [1.29, 1.82) is 0 Å². The van der Waals surface area contributed by atoms with E-state index in [0.717, 1.165) is 12.8 Å². The van der Waals surface area contributed by atoms with E-state index in [9.17, 15) is 4.79 Å². The Morgan fingerprint density at radius 1 is 1.10 bits per heavy atom. The third kappa shape index (κ3) is 7.28. The molecule has 20 heavy (non-hydrogen) atoms. The lowest BCUT2D eigenvalue weighted by atomic mass is 10.0. The third-order valence-corrected chi connectivity index (χ3v) is 4.21. The van der Waals surface area contributed by atoms with Gasteiger partial charge in [0.05, 0.1) is 6.61 Å². The number of ether oxygens (including phenoxy) is 1. The smallest absolute Gasteiger partial charge is 0.323 e. The molecule has 1 unspecified atom stereocenters. The summed E-state index contributed by atoms with van der Waals surface area (Å²) in [7, 11) is 0. The molecule has 0 heterocycles. The Kier molecular flexibility index (Phi) is 9.73. The van der Waals surface area contributed by atoms with Crippen LogP contribution in [0.1, 0.15) is 84.5 Å². The third-order valence-electron chi connectivity index (χ3n) is 4.21. The summed E-state index contributed by atoms with van der Waals surface area (Å²) in [6.07, 6.45) is 13.5. The van der Waals surface area contributed by atoms with Gasteiger partial charge in [0.15, 0.2) is 0 Å². The summed E-state index contributed by atoms with van der Waals surface area (Å²) in [4.78, 5) is 12.1. The van der Waals surface area contributed by atoms with E-state index < -0.39 is 0 Å². The van der Waals surface area contributed by atoms with Crippen LogP contribution < -0.4 is 5.32 Å². The van der Waals surface area contributed by atoms with Crippen LogP contribution in [0.4, 0.5) is 0 Å². The van der Waals surface area contributed by atoms with Gasteiger partial charge in [0.1, 0.15) is 6.04 Å². The van der Waals surface area contributed by atoms with E-state index in [-0.39, 0.29) is 12.0 Å². The molecule has 1 saturated carbocycles. The molecular weight excluding hydrogens is 250 g/mol. The van der Waals surface area contributed by atoms with Crippen LogP contribution in [0.3, 0.4) is 0 Å². The number of hydrogen-bond acceptors (Lipinski definition) is 3. The van der Waals surface area contributed by atoms with E-state index in [2.05, 4.69) is 12.2 Å². The number of carbonyl (C=O) groups excluding carboxylic acids is 1. The standard InChI is InChI=1S/C17H33NO2/c1-3-5-6-11-14-16(17(19)20-4-2)18-15-12-9-7-8-10-13-15/h15-16,18H,3-14H2,1-2H3. The molecule has 3 heteroatoms. The number of unbranched alkanes of at least 4 members (excludes halogenated alkanes) is 3. The molecule has 1 fully saturated rings. The molecule has 0 aliphatic heterocycles. The fourth-order valence-electron chi connectivity index (χ4n) is 3.02. The summed E-state index contributed by atoms with van der Waals surface area (Å²) in [5.41, 5.74) is 0. The summed E-state index contributed by atoms with van der Waals surface area (Å²) in [5.74, 6) is -0.0479. The monoisotopic (exact) mass is 283 g/mol. The van der Waals surface area contributed by atoms with E-state index in [1.54, 1.807) is 0 Å². The Hall–Kier alpha value is -0.570. The molecule has 118 valence electrons. The number of esters is 1. The zero-order valence-corrected chi connectivity index (χ0v) is 13.5. The molecule has 0 saturated heterocycles. The quantitative estimate of drug-likeness (QED) is 0.391. The molecule has 0 radical (unpaired) electrons. The van der Waals surface area contributed by atoms with Crippen molar-refractivity contribution in [2.24, 2.45) is 0 Å². The van der Waals surface area contributed by atoms with Gasteiger partial charge in [-0.1, -0.05) is 58.3 Å². The van der Waals surface area contributed by atoms with Crippen LogP contribution in [-0.4, -0.2) is 24.7 Å². The lowest BCUT2D eigenvalue weighted by Gasteiger charge is -2.23. The highest BCUT2D eigenvalue weighted by Gasteiger charge is 2.23. The van der Waals surface area contributed by atoms with E-state index in [4.69, 9.17) is 4.74 Å². The van der Waals surface area contributed by atoms with Gasteiger partial charge in [-0.25, -0.2) is 0 Å². The molecule has 3 nitrogen and oxygen atoms in total. The van der Waals surface area contributed by atoms with Crippen molar-refractivity contribution in [2.45, 2.75) is 96.6 Å². The molecule has 1 aliphatic carbocycles. The van der Waals surface area contributed by atoms with Gasteiger partial charge in [-0.05, 0) is 26.2 Å². The number of hydrogen-bond donors (Lipinski definition) is 1. The van der Waals surface area contributed by atoms with Crippen LogP contribution in [0, 0.1) is 0 Å².